The van der Waals surface area contributed by atoms with Crippen molar-refractivity contribution in [3.05, 3.63) is 29.3 Å². The summed E-state index contributed by atoms with van der Waals surface area (Å²) in [5.41, 5.74) is 0.870. The second-order valence-electron chi connectivity index (χ2n) is 5.00. The van der Waals surface area contributed by atoms with Gasteiger partial charge < -0.3 is 19.3 Å². The van der Waals surface area contributed by atoms with Gasteiger partial charge in [0.05, 0.1) is 12.2 Å². The first-order valence-corrected chi connectivity index (χ1v) is 6.16. The number of hydrogen-bond acceptors (Lipinski definition) is 4. The van der Waals surface area contributed by atoms with Crippen LogP contribution in [0.25, 0.3) is 0 Å². The molecule has 1 atom stereocenters. The first-order valence-electron chi connectivity index (χ1n) is 6.16. The number of aromatic carboxylic acids is 1. The van der Waals surface area contributed by atoms with Crippen LogP contribution in [0.3, 0.4) is 0 Å². The Bertz CT molecular complexity index is 481. The molecule has 1 N–H and O–H groups in total. The first kappa shape index (κ1) is 13.8. The number of hydrogen-bond donors (Lipinski definition) is 1. The van der Waals surface area contributed by atoms with Crippen LogP contribution in [0.4, 0.5) is 0 Å². The molecule has 5 heteroatoms. The molecule has 104 valence electrons. The average molecular weight is 266 g/mol. The van der Waals surface area contributed by atoms with Gasteiger partial charge in [0, 0.05) is 5.56 Å². The van der Waals surface area contributed by atoms with Crippen LogP contribution in [-0.2, 0) is 9.47 Å². The zero-order chi connectivity index (χ0) is 14.0. The van der Waals surface area contributed by atoms with Crippen molar-refractivity contribution >= 4 is 5.97 Å². The Hall–Kier alpha value is -1.59. The van der Waals surface area contributed by atoms with Gasteiger partial charge in [0.2, 0.25) is 0 Å². The molecular formula is C14H18O5. The van der Waals surface area contributed by atoms with Crippen molar-refractivity contribution in [2.24, 2.45) is 0 Å². The Kier molecular flexibility index (Phi) is 3.78. The normalized spacial score (nSPS) is 21.3. The first-order chi connectivity index (χ1) is 8.89. The number of carboxylic acids is 1. The van der Waals surface area contributed by atoms with Gasteiger partial charge in [0.25, 0.3) is 0 Å². The Labute approximate surface area is 112 Å². The van der Waals surface area contributed by atoms with Crippen LogP contribution in [0.1, 0.15) is 29.8 Å². The van der Waals surface area contributed by atoms with Crippen LogP contribution in [-0.4, -0.2) is 36.2 Å². The monoisotopic (exact) mass is 266 g/mol. The molecule has 1 heterocycles. The minimum absolute atomic E-state index is 0.136. The molecule has 1 aliphatic rings. The van der Waals surface area contributed by atoms with Crippen molar-refractivity contribution in [1.82, 2.24) is 0 Å². The van der Waals surface area contributed by atoms with E-state index in [1.54, 1.807) is 25.1 Å². The molecule has 1 fully saturated rings. The molecule has 0 spiro atoms. The molecule has 0 aliphatic carbocycles. The van der Waals surface area contributed by atoms with Gasteiger partial charge in [0.1, 0.15) is 18.5 Å². The maximum absolute atomic E-state index is 11.0. The van der Waals surface area contributed by atoms with Crippen LogP contribution >= 0.6 is 0 Å². The Morgan fingerprint density at radius 3 is 2.84 bits per heavy atom. The van der Waals surface area contributed by atoms with Crippen molar-refractivity contribution in [2.75, 3.05) is 13.2 Å². The molecule has 0 amide bonds. The van der Waals surface area contributed by atoms with E-state index in [1.165, 1.54) is 0 Å². The Morgan fingerprint density at radius 2 is 2.26 bits per heavy atom. The minimum Gasteiger partial charge on any atom is -0.490 e. The van der Waals surface area contributed by atoms with E-state index in [9.17, 15) is 4.79 Å². The molecule has 0 radical (unpaired) electrons. The van der Waals surface area contributed by atoms with Gasteiger partial charge in [-0.05, 0) is 32.9 Å². The predicted molar refractivity (Wildman–Crippen MR) is 68.5 cm³/mol. The second-order valence-corrected chi connectivity index (χ2v) is 5.00. The SMILES string of the molecule is Cc1c(OCC2COC(C)(C)O2)cccc1C(=O)O. The highest BCUT2D eigenvalue weighted by Gasteiger charge is 2.33. The van der Waals surface area contributed by atoms with Gasteiger partial charge in [-0.25, -0.2) is 4.79 Å². The third-order valence-electron chi connectivity index (χ3n) is 3.01. The summed E-state index contributed by atoms with van der Waals surface area (Å²) in [5, 5.41) is 9.04. The summed E-state index contributed by atoms with van der Waals surface area (Å²) in [6, 6.07) is 4.98. The molecule has 1 aliphatic heterocycles. The number of rotatable bonds is 4. The van der Waals surface area contributed by atoms with E-state index in [4.69, 9.17) is 19.3 Å². The second kappa shape index (κ2) is 5.19. The number of carbonyl (C=O) groups is 1. The number of ether oxygens (including phenoxy) is 3. The molecule has 1 saturated heterocycles. The highest BCUT2D eigenvalue weighted by Crippen LogP contribution is 2.25. The molecule has 5 nitrogen and oxygen atoms in total. The van der Waals surface area contributed by atoms with Crippen LogP contribution in [0.5, 0.6) is 5.75 Å². The van der Waals surface area contributed by atoms with Crippen LogP contribution < -0.4 is 4.74 Å². The third kappa shape index (κ3) is 3.24. The summed E-state index contributed by atoms with van der Waals surface area (Å²) >= 11 is 0. The molecule has 2 rings (SSSR count). The highest BCUT2D eigenvalue weighted by atomic mass is 16.7. The van der Waals surface area contributed by atoms with Crippen molar-refractivity contribution in [1.29, 1.82) is 0 Å². The Balaban J connectivity index is 2.01. The summed E-state index contributed by atoms with van der Waals surface area (Å²) in [4.78, 5) is 11.0. The van der Waals surface area contributed by atoms with Gasteiger partial charge in [-0.1, -0.05) is 6.07 Å². The fourth-order valence-electron chi connectivity index (χ4n) is 2.03. The summed E-state index contributed by atoms with van der Waals surface area (Å²) < 4.78 is 16.7. The predicted octanol–water partition coefficient (Wildman–Crippen LogP) is 2.22. The lowest BCUT2D eigenvalue weighted by molar-refractivity contribution is -0.141. The largest absolute Gasteiger partial charge is 0.490 e. The average Bonchev–Trinajstić information content (AvgIpc) is 2.67. The van der Waals surface area contributed by atoms with Gasteiger partial charge in [0.15, 0.2) is 5.79 Å². The van der Waals surface area contributed by atoms with E-state index in [2.05, 4.69) is 0 Å². The van der Waals surface area contributed by atoms with Crippen molar-refractivity contribution in [3.63, 3.8) is 0 Å². The van der Waals surface area contributed by atoms with E-state index >= 15 is 0 Å². The summed E-state index contributed by atoms with van der Waals surface area (Å²) in [7, 11) is 0. The molecule has 0 bridgehead atoms. The van der Waals surface area contributed by atoms with E-state index in [1.807, 2.05) is 13.8 Å². The lowest BCUT2D eigenvalue weighted by Gasteiger charge is -2.18. The van der Waals surface area contributed by atoms with Gasteiger partial charge in [-0.3, -0.25) is 0 Å². The summed E-state index contributed by atoms with van der Waals surface area (Å²) in [5.74, 6) is -0.968. The van der Waals surface area contributed by atoms with Gasteiger partial charge >= 0.3 is 5.97 Å². The van der Waals surface area contributed by atoms with Gasteiger partial charge in [-0.2, -0.15) is 0 Å². The van der Waals surface area contributed by atoms with Crippen LogP contribution in [0, 0.1) is 6.92 Å². The maximum Gasteiger partial charge on any atom is 0.336 e. The smallest absolute Gasteiger partial charge is 0.336 e. The van der Waals surface area contributed by atoms with Crippen LogP contribution in [0.2, 0.25) is 0 Å². The fourth-order valence-corrected chi connectivity index (χ4v) is 2.03. The molecule has 0 saturated carbocycles. The van der Waals surface area contributed by atoms with E-state index in [0.29, 0.717) is 24.5 Å². The fraction of sp³-hybridized carbons (Fsp3) is 0.500. The lowest BCUT2D eigenvalue weighted by atomic mass is 10.1. The third-order valence-corrected chi connectivity index (χ3v) is 3.01. The molecule has 1 aromatic carbocycles. The van der Waals surface area contributed by atoms with Crippen LogP contribution in [0.15, 0.2) is 18.2 Å². The molecule has 1 aromatic rings. The van der Waals surface area contributed by atoms with E-state index in [0.717, 1.165) is 0 Å². The van der Waals surface area contributed by atoms with Crippen molar-refractivity contribution in [2.45, 2.75) is 32.7 Å². The van der Waals surface area contributed by atoms with Crippen molar-refractivity contribution < 1.29 is 24.1 Å². The molecule has 0 aromatic heterocycles. The lowest BCUT2D eigenvalue weighted by Crippen LogP contribution is -2.25. The molecular weight excluding hydrogens is 248 g/mol. The quantitative estimate of drug-likeness (QED) is 0.905. The zero-order valence-electron chi connectivity index (χ0n) is 11.3. The van der Waals surface area contributed by atoms with Crippen molar-refractivity contribution in [3.8, 4) is 5.75 Å². The molecule has 1 unspecified atom stereocenters. The highest BCUT2D eigenvalue weighted by molar-refractivity contribution is 5.90. The van der Waals surface area contributed by atoms with Gasteiger partial charge in [-0.15, -0.1) is 0 Å². The summed E-state index contributed by atoms with van der Waals surface area (Å²) in [6.07, 6.45) is -0.136. The number of benzene rings is 1. The standard InChI is InChI=1S/C14H18O5/c1-9-11(13(15)16)5-4-6-12(9)17-7-10-8-18-14(2,3)19-10/h4-6,10H,7-8H2,1-3H3,(H,15,16). The van der Waals surface area contributed by atoms with E-state index < -0.39 is 11.8 Å². The number of carboxylic acid groups (broad SMARTS) is 1. The minimum atomic E-state index is -0.954. The topological polar surface area (TPSA) is 65.0 Å². The van der Waals surface area contributed by atoms with E-state index in [-0.39, 0.29) is 11.7 Å². The zero-order valence-corrected chi connectivity index (χ0v) is 11.3. The molecule has 19 heavy (non-hydrogen) atoms. The maximum atomic E-state index is 11.0. The Morgan fingerprint density at radius 1 is 1.53 bits per heavy atom. The summed E-state index contributed by atoms with van der Waals surface area (Å²) in [6.45, 7) is 6.25.